The average molecular weight is 392 g/mol. The van der Waals surface area contributed by atoms with Crippen LogP contribution in [-0.2, 0) is 21.7 Å². The number of ether oxygens (including phenoxy) is 1. The number of aromatic nitrogens is 1. The van der Waals surface area contributed by atoms with Crippen LogP contribution < -0.4 is 0 Å². The summed E-state index contributed by atoms with van der Waals surface area (Å²) in [5.74, 6) is -0.826. The predicted molar refractivity (Wildman–Crippen MR) is 87.0 cm³/mol. The molecule has 0 N–H and O–H groups in total. The normalized spacial score (nSPS) is 12.7. The molecule has 1 unspecified atom stereocenters. The minimum absolute atomic E-state index is 0.106. The summed E-state index contributed by atoms with van der Waals surface area (Å²) in [5, 5.41) is 0.160. The van der Waals surface area contributed by atoms with E-state index in [2.05, 4.69) is 4.98 Å². The molecule has 0 aliphatic heterocycles. The summed E-state index contributed by atoms with van der Waals surface area (Å²) in [4.78, 5) is 15.7. The smallest absolute Gasteiger partial charge is 0.416 e. The van der Waals surface area contributed by atoms with Gasteiger partial charge in [-0.25, -0.2) is 9.78 Å². The van der Waals surface area contributed by atoms with Gasteiger partial charge in [0.2, 0.25) is 0 Å². The van der Waals surface area contributed by atoms with Crippen LogP contribution in [-0.4, -0.2) is 27.5 Å². The van der Waals surface area contributed by atoms with Crippen molar-refractivity contribution in [2.24, 2.45) is 0 Å². The minimum atomic E-state index is -4.55. The Hall–Kier alpha value is -1.93. The molecule has 2 aromatic rings. The number of hydrogen-bond donors (Lipinski definition) is 0. The van der Waals surface area contributed by atoms with Crippen LogP contribution in [0, 0.1) is 6.92 Å². The van der Waals surface area contributed by atoms with Gasteiger partial charge in [-0.05, 0) is 37.3 Å². The summed E-state index contributed by atoms with van der Waals surface area (Å²) in [6, 6.07) is 7.70. The van der Waals surface area contributed by atoms with Crippen molar-refractivity contribution in [3.05, 3.63) is 58.2 Å². The molecule has 0 aliphatic rings. The highest BCUT2D eigenvalue weighted by Crippen LogP contribution is 2.30. The maximum absolute atomic E-state index is 12.8. The van der Waals surface area contributed by atoms with Gasteiger partial charge in [-0.1, -0.05) is 17.7 Å². The van der Waals surface area contributed by atoms with Crippen LogP contribution in [0.1, 0.15) is 21.6 Å². The number of carbonyl (C=O) groups is 1. The third-order valence-electron chi connectivity index (χ3n) is 3.05. The van der Waals surface area contributed by atoms with Gasteiger partial charge in [0.1, 0.15) is 11.6 Å². The number of pyridine rings is 1. The molecule has 0 radical (unpaired) electrons. The van der Waals surface area contributed by atoms with Crippen molar-refractivity contribution >= 4 is 28.4 Å². The Kier molecular flexibility index (Phi) is 6.18. The summed E-state index contributed by atoms with van der Waals surface area (Å²) < 4.78 is 55.4. The van der Waals surface area contributed by atoms with Crippen molar-refractivity contribution < 1.29 is 26.9 Å². The summed E-state index contributed by atoms with van der Waals surface area (Å²) in [7, 11) is -1.83. The number of benzene rings is 1. The zero-order chi connectivity index (χ0) is 18.6. The fraction of sp³-hybridized carbons (Fsp3) is 0.250. The second-order valence-electron chi connectivity index (χ2n) is 5.03. The molecule has 0 bridgehead atoms. The van der Waals surface area contributed by atoms with Crippen molar-refractivity contribution in [2.75, 3.05) is 12.4 Å². The van der Waals surface area contributed by atoms with Crippen molar-refractivity contribution in [3.63, 3.8) is 0 Å². The van der Waals surface area contributed by atoms with E-state index in [-0.39, 0.29) is 28.6 Å². The van der Waals surface area contributed by atoms with Crippen LogP contribution in [0.25, 0.3) is 0 Å². The van der Waals surface area contributed by atoms with Gasteiger partial charge in [-0.15, -0.1) is 0 Å². The summed E-state index contributed by atoms with van der Waals surface area (Å²) in [6.45, 7) is 1.16. The zero-order valence-corrected chi connectivity index (χ0v) is 14.5. The van der Waals surface area contributed by atoms with Crippen molar-refractivity contribution in [2.45, 2.75) is 18.1 Å². The molecular formula is C16H13ClF3NO3S. The molecule has 0 aliphatic carbocycles. The number of aryl methyl sites for hydroxylation is 1. The van der Waals surface area contributed by atoms with E-state index >= 15 is 0 Å². The number of hydrogen-bond acceptors (Lipinski definition) is 4. The van der Waals surface area contributed by atoms with Gasteiger partial charge < -0.3 is 4.74 Å². The van der Waals surface area contributed by atoms with Gasteiger partial charge in [-0.3, -0.25) is 4.21 Å². The van der Waals surface area contributed by atoms with E-state index in [0.29, 0.717) is 5.02 Å². The van der Waals surface area contributed by atoms with Gasteiger partial charge in [0.05, 0.1) is 27.7 Å². The van der Waals surface area contributed by atoms with Crippen molar-refractivity contribution in [1.29, 1.82) is 0 Å². The molecule has 1 aromatic carbocycles. The van der Waals surface area contributed by atoms with Gasteiger partial charge in [0.25, 0.3) is 0 Å². The van der Waals surface area contributed by atoms with Crippen molar-refractivity contribution in [1.82, 2.24) is 4.98 Å². The first kappa shape index (κ1) is 19.4. The Balaban J connectivity index is 1.99. The first-order valence-electron chi connectivity index (χ1n) is 7.04. The maximum atomic E-state index is 12.8. The molecule has 0 spiro atoms. The van der Waals surface area contributed by atoms with Gasteiger partial charge >= 0.3 is 12.1 Å². The average Bonchev–Trinajstić information content (AvgIpc) is 2.53. The van der Waals surface area contributed by atoms with E-state index in [9.17, 15) is 22.2 Å². The fourth-order valence-electron chi connectivity index (χ4n) is 1.93. The standard InChI is InChI=1S/C16H13ClF3NO3S/c1-10-7-12(16(18,19)20)9-14(21-10)25(23)6-5-24-15(22)11-3-2-4-13(17)8-11/h2-4,7-9H,5-6H2,1H3. The lowest BCUT2D eigenvalue weighted by Crippen LogP contribution is -2.14. The third kappa shape index (κ3) is 5.54. The summed E-state index contributed by atoms with van der Waals surface area (Å²) in [5.41, 5.74) is -0.584. The third-order valence-corrected chi connectivity index (χ3v) is 4.50. The summed E-state index contributed by atoms with van der Waals surface area (Å²) >= 11 is 5.76. The van der Waals surface area contributed by atoms with Crippen LogP contribution in [0.5, 0.6) is 0 Å². The lowest BCUT2D eigenvalue weighted by Gasteiger charge is -2.10. The topological polar surface area (TPSA) is 56.3 Å². The van der Waals surface area contributed by atoms with E-state index in [1.54, 1.807) is 12.1 Å². The minimum Gasteiger partial charge on any atom is -0.461 e. The SMILES string of the molecule is Cc1cc(C(F)(F)F)cc(S(=O)CCOC(=O)c2cccc(Cl)c2)n1. The van der Waals surface area contributed by atoms with E-state index in [1.165, 1.54) is 19.1 Å². The van der Waals surface area contributed by atoms with E-state index in [0.717, 1.165) is 12.1 Å². The Morgan fingerprint density at radius 1 is 1.28 bits per heavy atom. The molecule has 0 saturated carbocycles. The fourth-order valence-corrected chi connectivity index (χ4v) is 3.07. The van der Waals surface area contributed by atoms with Crippen LogP contribution in [0.2, 0.25) is 5.02 Å². The monoisotopic (exact) mass is 391 g/mol. The zero-order valence-electron chi connectivity index (χ0n) is 13.0. The second-order valence-corrected chi connectivity index (χ2v) is 6.98. The first-order valence-corrected chi connectivity index (χ1v) is 8.73. The summed E-state index contributed by atoms with van der Waals surface area (Å²) in [6.07, 6.45) is -4.55. The number of nitrogens with zero attached hydrogens (tertiary/aromatic N) is 1. The predicted octanol–water partition coefficient (Wildman–Crippen LogP) is 4.03. The van der Waals surface area contributed by atoms with Crippen LogP contribution in [0.3, 0.4) is 0 Å². The first-order chi connectivity index (χ1) is 11.7. The van der Waals surface area contributed by atoms with Crippen LogP contribution in [0.4, 0.5) is 13.2 Å². The molecular weight excluding hydrogens is 379 g/mol. The molecule has 25 heavy (non-hydrogen) atoms. The largest absolute Gasteiger partial charge is 0.461 e. The van der Waals surface area contributed by atoms with Gasteiger partial charge in [-0.2, -0.15) is 13.2 Å². The molecule has 4 nitrogen and oxygen atoms in total. The molecule has 0 saturated heterocycles. The molecule has 0 fully saturated rings. The Labute approximate surface area is 149 Å². The number of carbonyl (C=O) groups excluding carboxylic acids is 1. The quantitative estimate of drug-likeness (QED) is 0.722. The highest BCUT2D eigenvalue weighted by molar-refractivity contribution is 7.85. The molecule has 9 heteroatoms. The second kappa shape index (κ2) is 7.97. The van der Waals surface area contributed by atoms with Crippen LogP contribution in [0.15, 0.2) is 41.4 Å². The van der Waals surface area contributed by atoms with Crippen LogP contribution >= 0.6 is 11.6 Å². The van der Waals surface area contributed by atoms with Gasteiger partial charge in [0.15, 0.2) is 0 Å². The van der Waals surface area contributed by atoms with Crippen molar-refractivity contribution in [3.8, 4) is 0 Å². The lowest BCUT2D eigenvalue weighted by atomic mass is 10.2. The van der Waals surface area contributed by atoms with E-state index < -0.39 is 28.5 Å². The Morgan fingerprint density at radius 3 is 2.64 bits per heavy atom. The number of rotatable bonds is 5. The van der Waals surface area contributed by atoms with Gasteiger partial charge in [0, 0.05) is 10.7 Å². The van der Waals surface area contributed by atoms with E-state index in [4.69, 9.17) is 16.3 Å². The molecule has 1 heterocycles. The molecule has 0 amide bonds. The Morgan fingerprint density at radius 2 is 2.00 bits per heavy atom. The Bertz CT molecular complexity index is 811. The lowest BCUT2D eigenvalue weighted by molar-refractivity contribution is -0.137. The molecule has 134 valence electrons. The molecule has 1 aromatic heterocycles. The number of halogens is 4. The maximum Gasteiger partial charge on any atom is 0.416 e. The molecule has 1 atom stereocenters. The number of esters is 1. The highest BCUT2D eigenvalue weighted by atomic mass is 35.5. The highest BCUT2D eigenvalue weighted by Gasteiger charge is 2.31. The molecule has 2 rings (SSSR count). The van der Waals surface area contributed by atoms with E-state index in [1.807, 2.05) is 0 Å². The number of alkyl halides is 3.